The lowest BCUT2D eigenvalue weighted by atomic mass is 10.1. The first-order valence-electron chi connectivity index (χ1n) is 4.21. The number of ether oxygens (including phenoxy) is 1. The lowest BCUT2D eigenvalue weighted by Gasteiger charge is -2.15. The Morgan fingerprint density at radius 1 is 1.27 bits per heavy atom. The van der Waals surface area contributed by atoms with Crippen LogP contribution in [0, 0.1) is 0 Å². The largest absolute Gasteiger partial charge is 0.472 e. The van der Waals surface area contributed by atoms with Crippen molar-refractivity contribution >= 4 is 7.82 Å². The van der Waals surface area contributed by atoms with Crippen LogP contribution >= 0.6 is 7.82 Å². The van der Waals surface area contributed by atoms with Crippen LogP contribution in [0.15, 0.2) is 0 Å². The predicted molar refractivity (Wildman–Crippen MR) is 45.5 cm³/mol. The van der Waals surface area contributed by atoms with Gasteiger partial charge in [-0.25, -0.2) is 4.57 Å². The molecule has 4 atom stereocenters. The highest BCUT2D eigenvalue weighted by atomic mass is 31.2. The van der Waals surface area contributed by atoms with E-state index in [9.17, 15) is 14.8 Å². The van der Waals surface area contributed by atoms with Crippen molar-refractivity contribution in [2.75, 3.05) is 6.61 Å². The normalized spacial score (nSPS) is 37.1. The second-order valence-electron chi connectivity index (χ2n) is 3.13. The van der Waals surface area contributed by atoms with Crippen molar-refractivity contribution in [2.24, 2.45) is 0 Å². The topological polar surface area (TPSA) is 137 Å². The van der Waals surface area contributed by atoms with E-state index >= 15 is 0 Å². The summed E-state index contributed by atoms with van der Waals surface area (Å²) in [5.74, 6) is 0. The molecule has 0 radical (unpaired) electrons. The third kappa shape index (κ3) is 3.47. The molecular weight excluding hydrogens is 231 g/mol. The number of hydrogen-bond donors (Lipinski definition) is 5. The summed E-state index contributed by atoms with van der Waals surface area (Å²) < 4.78 is 19.4. The van der Waals surface area contributed by atoms with E-state index in [1.807, 2.05) is 0 Å². The van der Waals surface area contributed by atoms with Crippen LogP contribution in [0.25, 0.3) is 0 Å². The molecule has 9 heteroatoms. The smallest absolute Gasteiger partial charge is 0.396 e. The van der Waals surface area contributed by atoms with E-state index in [0.29, 0.717) is 0 Å². The van der Waals surface area contributed by atoms with Crippen molar-refractivity contribution in [1.29, 1.82) is 0 Å². The van der Waals surface area contributed by atoms with Gasteiger partial charge < -0.3 is 29.8 Å². The van der Waals surface area contributed by atoms with Gasteiger partial charge in [0.05, 0.1) is 6.10 Å². The Labute approximate surface area is 85.3 Å². The van der Waals surface area contributed by atoms with Crippen molar-refractivity contribution in [3.63, 3.8) is 0 Å². The molecular formula is C6H13O8P. The summed E-state index contributed by atoms with van der Waals surface area (Å²) in [5.41, 5.74) is 0. The van der Waals surface area contributed by atoms with Crippen molar-refractivity contribution in [2.45, 2.75) is 31.0 Å². The van der Waals surface area contributed by atoms with Crippen LogP contribution in [0.2, 0.25) is 0 Å². The van der Waals surface area contributed by atoms with Crippen LogP contribution in [0.3, 0.4) is 0 Å². The van der Waals surface area contributed by atoms with Gasteiger partial charge in [-0.15, -0.1) is 0 Å². The Kier molecular flexibility index (Phi) is 4.21. The van der Waals surface area contributed by atoms with E-state index < -0.39 is 32.4 Å². The molecule has 1 aliphatic heterocycles. The van der Waals surface area contributed by atoms with Crippen LogP contribution in [0.5, 0.6) is 0 Å². The zero-order chi connectivity index (χ0) is 11.6. The van der Waals surface area contributed by atoms with Gasteiger partial charge in [0.2, 0.25) is 0 Å². The van der Waals surface area contributed by atoms with Gasteiger partial charge >= 0.3 is 7.82 Å². The molecule has 0 aromatic heterocycles. The quantitative estimate of drug-likeness (QED) is 0.355. The van der Waals surface area contributed by atoms with E-state index in [2.05, 4.69) is 4.52 Å². The summed E-state index contributed by atoms with van der Waals surface area (Å²) in [4.78, 5) is 16.9. The van der Waals surface area contributed by atoms with Crippen LogP contribution in [-0.2, 0) is 13.8 Å². The number of aliphatic hydroxyl groups is 3. The van der Waals surface area contributed by atoms with E-state index in [4.69, 9.17) is 19.6 Å². The van der Waals surface area contributed by atoms with Gasteiger partial charge in [0, 0.05) is 6.61 Å². The zero-order valence-electron chi connectivity index (χ0n) is 7.63. The fraction of sp³-hybridized carbons (Fsp3) is 1.00. The Morgan fingerprint density at radius 2 is 1.87 bits per heavy atom. The zero-order valence-corrected chi connectivity index (χ0v) is 8.53. The molecule has 0 unspecified atom stereocenters. The standard InChI is InChI=1S/C6H13O8P/c7-2-1-3-4(8)5(9)6(13-3)14-15(10,11)12/h3-9H,1-2H2,(H2,10,11,12)/t3-,4-,5+,6+/m0/s1. The molecule has 15 heavy (non-hydrogen) atoms. The number of phosphoric ester groups is 1. The number of hydrogen-bond acceptors (Lipinski definition) is 6. The molecule has 1 heterocycles. The maximum Gasteiger partial charge on any atom is 0.472 e. The van der Waals surface area contributed by atoms with Crippen LogP contribution in [-0.4, -0.2) is 56.3 Å². The van der Waals surface area contributed by atoms with E-state index in [0.717, 1.165) is 0 Å². The Hall–Kier alpha value is -0.0500. The molecule has 1 saturated heterocycles. The van der Waals surface area contributed by atoms with Gasteiger partial charge in [-0.3, -0.25) is 4.52 Å². The van der Waals surface area contributed by atoms with Gasteiger partial charge in [-0.05, 0) is 6.42 Å². The average molecular weight is 244 g/mol. The predicted octanol–water partition coefficient (Wildman–Crippen LogP) is -2.08. The molecule has 1 fully saturated rings. The Bertz CT molecular complexity index is 252. The maximum atomic E-state index is 10.5. The highest BCUT2D eigenvalue weighted by Gasteiger charge is 2.45. The monoisotopic (exact) mass is 244 g/mol. The summed E-state index contributed by atoms with van der Waals surface area (Å²) in [7, 11) is -4.78. The first-order valence-corrected chi connectivity index (χ1v) is 5.74. The fourth-order valence-electron chi connectivity index (χ4n) is 1.30. The third-order valence-electron chi connectivity index (χ3n) is 1.97. The first kappa shape index (κ1) is 13.0. The third-order valence-corrected chi connectivity index (χ3v) is 2.46. The van der Waals surface area contributed by atoms with Crippen LogP contribution in [0.1, 0.15) is 6.42 Å². The molecule has 0 aliphatic carbocycles. The minimum absolute atomic E-state index is 0.0409. The van der Waals surface area contributed by atoms with Gasteiger partial charge in [0.15, 0.2) is 6.29 Å². The molecule has 90 valence electrons. The minimum atomic E-state index is -4.78. The molecule has 0 bridgehead atoms. The second kappa shape index (κ2) is 4.86. The highest BCUT2D eigenvalue weighted by molar-refractivity contribution is 7.46. The van der Waals surface area contributed by atoms with E-state index in [1.165, 1.54) is 0 Å². The van der Waals surface area contributed by atoms with Crippen LogP contribution in [0.4, 0.5) is 0 Å². The van der Waals surface area contributed by atoms with Crippen molar-refractivity contribution in [3.05, 3.63) is 0 Å². The second-order valence-corrected chi connectivity index (χ2v) is 4.32. The van der Waals surface area contributed by atoms with Gasteiger partial charge in [0.1, 0.15) is 12.2 Å². The summed E-state index contributed by atoms with van der Waals surface area (Å²) in [5, 5.41) is 27.2. The van der Waals surface area contributed by atoms with Crippen LogP contribution < -0.4 is 0 Å². The summed E-state index contributed by atoms with van der Waals surface area (Å²) in [6.07, 6.45) is -5.33. The maximum absolute atomic E-state index is 10.5. The SMILES string of the molecule is O=P(O)(O)O[C@H]1O[C@@H](CCO)[C@H](O)[C@H]1O. The van der Waals surface area contributed by atoms with Gasteiger partial charge in [-0.1, -0.05) is 0 Å². The lowest BCUT2D eigenvalue weighted by molar-refractivity contribution is -0.122. The fourth-order valence-corrected chi connectivity index (χ4v) is 1.75. The molecule has 0 spiro atoms. The van der Waals surface area contributed by atoms with E-state index in [-0.39, 0.29) is 13.0 Å². The van der Waals surface area contributed by atoms with Gasteiger partial charge in [-0.2, -0.15) is 0 Å². The highest BCUT2D eigenvalue weighted by Crippen LogP contribution is 2.41. The number of rotatable bonds is 4. The van der Waals surface area contributed by atoms with Crippen molar-refractivity contribution in [1.82, 2.24) is 0 Å². The molecule has 0 aromatic rings. The van der Waals surface area contributed by atoms with Crippen molar-refractivity contribution < 1.29 is 38.9 Å². The Morgan fingerprint density at radius 3 is 2.33 bits per heavy atom. The molecule has 1 rings (SSSR count). The summed E-state index contributed by atoms with van der Waals surface area (Å²) in [6.45, 7) is -0.281. The van der Waals surface area contributed by atoms with Crippen molar-refractivity contribution in [3.8, 4) is 0 Å². The molecule has 5 N–H and O–H groups in total. The summed E-state index contributed by atoms with van der Waals surface area (Å²) >= 11 is 0. The molecule has 0 amide bonds. The minimum Gasteiger partial charge on any atom is -0.396 e. The lowest BCUT2D eigenvalue weighted by Crippen LogP contribution is -2.33. The number of phosphoric acid groups is 1. The molecule has 0 aromatic carbocycles. The molecule has 0 saturated carbocycles. The Balaban J connectivity index is 2.59. The average Bonchev–Trinajstić information content (AvgIpc) is 2.32. The number of aliphatic hydroxyl groups excluding tert-OH is 3. The summed E-state index contributed by atoms with van der Waals surface area (Å²) in [6, 6.07) is 0. The van der Waals surface area contributed by atoms with E-state index in [1.54, 1.807) is 0 Å². The molecule has 1 aliphatic rings. The first-order chi connectivity index (χ1) is 6.85. The molecule has 8 nitrogen and oxygen atoms in total. The van der Waals surface area contributed by atoms with Gasteiger partial charge in [0.25, 0.3) is 0 Å².